The second-order valence-electron chi connectivity index (χ2n) is 5.85. The van der Waals surface area contributed by atoms with Crippen molar-refractivity contribution in [3.63, 3.8) is 0 Å². The average Bonchev–Trinajstić information content (AvgIpc) is 2.63. The van der Waals surface area contributed by atoms with Gasteiger partial charge in [-0.15, -0.1) is 4.40 Å². The fourth-order valence-electron chi connectivity index (χ4n) is 2.49. The molecule has 0 fully saturated rings. The van der Waals surface area contributed by atoms with Gasteiger partial charge in [-0.1, -0.05) is 0 Å². The summed E-state index contributed by atoms with van der Waals surface area (Å²) in [6.45, 7) is 2.05. The number of nitrogens with zero attached hydrogens (tertiary/aromatic N) is 2. The molecule has 0 bridgehead atoms. The van der Waals surface area contributed by atoms with E-state index >= 15 is 0 Å². The summed E-state index contributed by atoms with van der Waals surface area (Å²) in [7, 11) is 1.71. The number of methoxy groups -OCH3 is 3. The number of amides is 1. The van der Waals surface area contributed by atoms with E-state index in [1.165, 1.54) is 34.5 Å². The van der Waals surface area contributed by atoms with Crippen LogP contribution in [-0.4, -0.2) is 65.4 Å². The maximum Gasteiger partial charge on any atom is 0.345 e. The van der Waals surface area contributed by atoms with Crippen LogP contribution in [0.1, 0.15) is 12.5 Å². The van der Waals surface area contributed by atoms with E-state index in [1.54, 1.807) is 25.1 Å². The van der Waals surface area contributed by atoms with Crippen LogP contribution in [0.5, 0.6) is 11.5 Å². The minimum atomic E-state index is -4.05. The second kappa shape index (κ2) is 8.40. The van der Waals surface area contributed by atoms with Crippen LogP contribution in [0.4, 0.5) is 0 Å². The zero-order valence-electron chi connectivity index (χ0n) is 15.8. The van der Waals surface area contributed by atoms with E-state index in [2.05, 4.69) is 9.71 Å². The molecule has 0 aliphatic carbocycles. The number of carbonyl (C=O) groups is 1. The molecule has 148 valence electrons. The molecule has 0 spiro atoms. The molecular formula is C17H23N3O6S. The van der Waals surface area contributed by atoms with Crippen LogP contribution in [0.15, 0.2) is 34.4 Å². The van der Waals surface area contributed by atoms with E-state index in [4.69, 9.17) is 14.2 Å². The summed E-state index contributed by atoms with van der Waals surface area (Å²) in [5.74, 6) is 0.369. The molecule has 0 radical (unpaired) electrons. The highest BCUT2D eigenvalue weighted by Crippen LogP contribution is 2.29. The Balaban J connectivity index is 2.44. The van der Waals surface area contributed by atoms with Crippen LogP contribution >= 0.6 is 0 Å². The number of hydrogen-bond donors (Lipinski definition) is 1. The lowest BCUT2D eigenvalue weighted by Crippen LogP contribution is -2.42. The van der Waals surface area contributed by atoms with Crippen LogP contribution in [0, 0.1) is 0 Å². The van der Waals surface area contributed by atoms with Crippen molar-refractivity contribution in [3.05, 3.63) is 35.5 Å². The summed E-state index contributed by atoms with van der Waals surface area (Å²) in [4.78, 5) is 12.5. The van der Waals surface area contributed by atoms with Crippen LogP contribution in [0.2, 0.25) is 0 Å². The standard InChI is InChI=1S/C17H23N3O6S/c1-11(10-24-3)18-17(21)14-9-13(19-27(22,23)20(14)2)12-6-7-15(25-4)16(8-12)26-5/h6-9,11H,10H2,1-5H3,(H,18,21)/t11-/m0/s1. The first-order valence-electron chi connectivity index (χ1n) is 8.06. The van der Waals surface area contributed by atoms with Gasteiger partial charge in [0, 0.05) is 25.8 Å². The van der Waals surface area contributed by atoms with Gasteiger partial charge in [0.2, 0.25) is 0 Å². The zero-order valence-corrected chi connectivity index (χ0v) is 16.7. The molecule has 0 saturated carbocycles. The number of allylic oxidation sites excluding steroid dienone is 1. The summed E-state index contributed by atoms with van der Waals surface area (Å²) >= 11 is 0. The normalized spacial score (nSPS) is 16.9. The molecule has 1 atom stereocenters. The van der Waals surface area contributed by atoms with Gasteiger partial charge in [0.1, 0.15) is 5.70 Å². The van der Waals surface area contributed by atoms with Crippen LogP contribution in [0.3, 0.4) is 0 Å². The minimum Gasteiger partial charge on any atom is -0.493 e. The molecule has 1 amide bonds. The highest BCUT2D eigenvalue weighted by Gasteiger charge is 2.30. The van der Waals surface area contributed by atoms with E-state index in [0.29, 0.717) is 23.7 Å². The van der Waals surface area contributed by atoms with Gasteiger partial charge in [-0.3, -0.25) is 4.79 Å². The lowest BCUT2D eigenvalue weighted by atomic mass is 10.1. The zero-order chi connectivity index (χ0) is 20.2. The Morgan fingerprint density at radius 3 is 2.48 bits per heavy atom. The first-order valence-corrected chi connectivity index (χ1v) is 9.46. The third-order valence-electron chi connectivity index (χ3n) is 3.88. The molecule has 2 rings (SSSR count). The number of carbonyl (C=O) groups excluding carboxylic acids is 1. The molecule has 1 heterocycles. The Bertz CT molecular complexity index is 879. The Morgan fingerprint density at radius 1 is 1.22 bits per heavy atom. The average molecular weight is 397 g/mol. The van der Waals surface area contributed by atoms with Gasteiger partial charge in [0.25, 0.3) is 5.91 Å². The number of nitrogens with one attached hydrogen (secondary N) is 1. The lowest BCUT2D eigenvalue weighted by Gasteiger charge is -2.25. The lowest BCUT2D eigenvalue weighted by molar-refractivity contribution is -0.119. The summed E-state index contributed by atoms with van der Waals surface area (Å²) in [6.07, 6.45) is 1.41. The maximum absolute atomic E-state index is 12.5. The first-order chi connectivity index (χ1) is 12.7. The molecule has 0 unspecified atom stereocenters. The van der Waals surface area contributed by atoms with E-state index < -0.39 is 16.1 Å². The Morgan fingerprint density at radius 2 is 1.89 bits per heavy atom. The van der Waals surface area contributed by atoms with Gasteiger partial charge >= 0.3 is 10.2 Å². The second-order valence-corrected chi connectivity index (χ2v) is 7.48. The molecule has 0 aromatic heterocycles. The van der Waals surface area contributed by atoms with Crippen molar-refractivity contribution in [1.29, 1.82) is 0 Å². The Labute approximate surface area is 158 Å². The number of hydrogen-bond acceptors (Lipinski definition) is 6. The molecule has 1 N–H and O–H groups in total. The van der Waals surface area contributed by atoms with Crippen molar-refractivity contribution in [2.24, 2.45) is 4.40 Å². The van der Waals surface area contributed by atoms with Gasteiger partial charge in [0.15, 0.2) is 11.5 Å². The smallest absolute Gasteiger partial charge is 0.345 e. The molecule has 9 nitrogen and oxygen atoms in total. The fourth-order valence-corrected chi connectivity index (χ4v) is 3.40. The molecular weight excluding hydrogens is 374 g/mol. The van der Waals surface area contributed by atoms with Gasteiger partial charge in [0.05, 0.1) is 26.5 Å². The van der Waals surface area contributed by atoms with Crippen LogP contribution in [-0.2, 0) is 19.7 Å². The third kappa shape index (κ3) is 4.58. The van der Waals surface area contributed by atoms with Gasteiger partial charge in [-0.25, -0.2) is 4.31 Å². The maximum atomic E-state index is 12.5. The van der Waals surface area contributed by atoms with Crippen LogP contribution in [0.25, 0.3) is 0 Å². The Kier molecular flexibility index (Phi) is 6.45. The number of likely N-dealkylation sites (N-methyl/N-ethyl adjacent to an activating group) is 1. The fraction of sp³-hybridized carbons (Fsp3) is 0.412. The molecule has 1 aromatic carbocycles. The summed E-state index contributed by atoms with van der Waals surface area (Å²) in [5.41, 5.74) is 0.552. The SMILES string of the molecule is COC[C@H](C)NC(=O)C1=CC(c2ccc(OC)c(OC)c2)=NS(=O)(=O)N1C. The van der Waals surface area contributed by atoms with E-state index in [9.17, 15) is 13.2 Å². The summed E-state index contributed by atoms with van der Waals surface area (Å²) in [5, 5.41) is 2.69. The first kappa shape index (κ1) is 20.7. The minimum absolute atomic E-state index is 0.0438. The van der Waals surface area contributed by atoms with Crippen molar-refractivity contribution in [3.8, 4) is 11.5 Å². The van der Waals surface area contributed by atoms with Gasteiger partial charge < -0.3 is 19.5 Å². The van der Waals surface area contributed by atoms with Crippen molar-refractivity contribution in [2.75, 3.05) is 35.0 Å². The van der Waals surface area contributed by atoms with Crippen molar-refractivity contribution < 1.29 is 27.4 Å². The Hall–Kier alpha value is -2.59. The number of ether oxygens (including phenoxy) is 3. The topological polar surface area (TPSA) is 107 Å². The summed E-state index contributed by atoms with van der Waals surface area (Å²) in [6, 6.07) is 4.58. The van der Waals surface area contributed by atoms with Crippen LogP contribution < -0.4 is 14.8 Å². The number of rotatable bonds is 7. The monoisotopic (exact) mass is 397 g/mol. The summed E-state index contributed by atoms with van der Waals surface area (Å²) < 4.78 is 44.8. The van der Waals surface area contributed by atoms with E-state index in [1.807, 2.05) is 0 Å². The largest absolute Gasteiger partial charge is 0.493 e. The van der Waals surface area contributed by atoms with E-state index in [-0.39, 0.29) is 17.5 Å². The van der Waals surface area contributed by atoms with Gasteiger partial charge in [-0.2, -0.15) is 8.42 Å². The quantitative estimate of drug-likeness (QED) is 0.727. The highest BCUT2D eigenvalue weighted by atomic mass is 32.2. The van der Waals surface area contributed by atoms with Crippen molar-refractivity contribution >= 4 is 21.8 Å². The predicted molar refractivity (Wildman–Crippen MR) is 100 cm³/mol. The van der Waals surface area contributed by atoms with Crippen molar-refractivity contribution in [2.45, 2.75) is 13.0 Å². The molecule has 1 aromatic rings. The number of benzene rings is 1. The molecule has 1 aliphatic heterocycles. The third-order valence-corrected chi connectivity index (χ3v) is 5.19. The predicted octanol–water partition coefficient (Wildman–Crippen LogP) is 0.718. The molecule has 27 heavy (non-hydrogen) atoms. The van der Waals surface area contributed by atoms with Crippen molar-refractivity contribution in [1.82, 2.24) is 9.62 Å². The van der Waals surface area contributed by atoms with Gasteiger partial charge in [-0.05, 0) is 31.2 Å². The molecule has 1 aliphatic rings. The molecule has 0 saturated heterocycles. The molecule has 10 heteroatoms. The highest BCUT2D eigenvalue weighted by molar-refractivity contribution is 7.88. The van der Waals surface area contributed by atoms with E-state index in [0.717, 1.165) is 4.31 Å².